The van der Waals surface area contributed by atoms with Crippen LogP contribution in [0.5, 0.6) is 0 Å². The molecule has 0 spiro atoms. The SMILES string of the molecule is CC[C@H](C)[C@@H]([C@@H](CC(=O)N1CCCC1[C@H](OC)[C@@H](C)C(=O)N[C@@H](Cc1ccccc1)C(=O)O)OC)N(C)C(=O)[C@@H](NC(=O)CC(C)C)C(C)C. The van der Waals surface area contributed by atoms with Gasteiger partial charge in [-0.1, -0.05) is 85.2 Å². The number of methoxy groups -OCH3 is 2. The molecule has 0 saturated carbocycles. The summed E-state index contributed by atoms with van der Waals surface area (Å²) in [5.41, 5.74) is 0.787. The first-order valence-corrected chi connectivity index (χ1v) is 18.1. The Labute approximate surface area is 299 Å². The summed E-state index contributed by atoms with van der Waals surface area (Å²) in [5.74, 6) is -2.96. The number of likely N-dealkylation sites (tertiary alicyclic amines) is 1. The highest BCUT2D eigenvalue weighted by Gasteiger charge is 2.43. The third-order valence-electron chi connectivity index (χ3n) is 10.00. The normalized spacial score (nSPS) is 18.9. The fraction of sp³-hybridized carbons (Fsp3) is 0.711. The van der Waals surface area contributed by atoms with E-state index in [9.17, 15) is 29.1 Å². The second-order valence-electron chi connectivity index (χ2n) is 14.6. The van der Waals surface area contributed by atoms with Gasteiger partial charge in [0.15, 0.2) is 0 Å². The van der Waals surface area contributed by atoms with E-state index in [4.69, 9.17) is 9.47 Å². The summed E-state index contributed by atoms with van der Waals surface area (Å²) in [7, 11) is 4.74. The van der Waals surface area contributed by atoms with Crippen LogP contribution in [0.2, 0.25) is 0 Å². The molecular formula is C38H62N4O8. The van der Waals surface area contributed by atoms with Crippen LogP contribution in [0.15, 0.2) is 30.3 Å². The number of benzene rings is 1. The largest absolute Gasteiger partial charge is 0.480 e. The highest BCUT2D eigenvalue weighted by Crippen LogP contribution is 2.29. The number of carboxylic acids is 1. The minimum Gasteiger partial charge on any atom is -0.480 e. The van der Waals surface area contributed by atoms with Gasteiger partial charge < -0.3 is 35.0 Å². The summed E-state index contributed by atoms with van der Waals surface area (Å²) in [6, 6.07) is 6.39. The van der Waals surface area contributed by atoms with Gasteiger partial charge in [-0.05, 0) is 36.2 Å². The van der Waals surface area contributed by atoms with Crippen LogP contribution >= 0.6 is 0 Å². The van der Waals surface area contributed by atoms with Crippen molar-refractivity contribution in [3.63, 3.8) is 0 Å². The fourth-order valence-electron chi connectivity index (χ4n) is 7.00. The summed E-state index contributed by atoms with van der Waals surface area (Å²) in [6.45, 7) is 13.9. The fourth-order valence-corrected chi connectivity index (χ4v) is 7.00. The van der Waals surface area contributed by atoms with Gasteiger partial charge >= 0.3 is 5.97 Å². The Balaban J connectivity index is 2.24. The van der Waals surface area contributed by atoms with Crippen molar-refractivity contribution < 1.29 is 38.6 Å². The van der Waals surface area contributed by atoms with Crippen LogP contribution in [0.1, 0.15) is 86.1 Å². The zero-order valence-electron chi connectivity index (χ0n) is 31.8. The molecule has 1 aromatic rings. The molecule has 1 fully saturated rings. The molecule has 12 heteroatoms. The molecule has 12 nitrogen and oxygen atoms in total. The van der Waals surface area contributed by atoms with Gasteiger partial charge in [0, 0.05) is 40.7 Å². The van der Waals surface area contributed by atoms with Gasteiger partial charge in [0.05, 0.1) is 36.6 Å². The average Bonchev–Trinajstić information content (AvgIpc) is 3.55. The molecule has 8 atom stereocenters. The molecule has 1 heterocycles. The zero-order chi connectivity index (χ0) is 37.7. The van der Waals surface area contributed by atoms with Gasteiger partial charge in [0.1, 0.15) is 12.1 Å². The van der Waals surface area contributed by atoms with Gasteiger partial charge in [-0.25, -0.2) is 4.79 Å². The number of nitrogens with one attached hydrogen (secondary N) is 2. The molecule has 0 aliphatic carbocycles. The first-order valence-electron chi connectivity index (χ1n) is 18.1. The molecule has 3 N–H and O–H groups in total. The average molecular weight is 703 g/mol. The zero-order valence-corrected chi connectivity index (χ0v) is 31.8. The maximum absolute atomic E-state index is 14.1. The predicted octanol–water partition coefficient (Wildman–Crippen LogP) is 3.91. The Morgan fingerprint density at radius 3 is 2.12 bits per heavy atom. The first-order chi connectivity index (χ1) is 23.6. The molecular weight excluding hydrogens is 640 g/mol. The van der Waals surface area contributed by atoms with E-state index in [0.29, 0.717) is 25.8 Å². The number of carboxylic acid groups (broad SMARTS) is 1. The number of amides is 4. The number of hydrogen-bond acceptors (Lipinski definition) is 7. The summed E-state index contributed by atoms with van der Waals surface area (Å²) in [6.07, 6.45) is 1.20. The van der Waals surface area contributed by atoms with Gasteiger partial charge in [-0.2, -0.15) is 0 Å². The van der Waals surface area contributed by atoms with Crippen LogP contribution in [0.3, 0.4) is 0 Å². The maximum atomic E-state index is 14.1. The predicted molar refractivity (Wildman–Crippen MR) is 192 cm³/mol. The topological polar surface area (TPSA) is 155 Å². The number of nitrogens with zero attached hydrogens (tertiary/aromatic N) is 2. The van der Waals surface area contributed by atoms with Crippen molar-refractivity contribution in [2.24, 2.45) is 23.7 Å². The van der Waals surface area contributed by atoms with Crippen molar-refractivity contribution in [3.8, 4) is 0 Å². The van der Waals surface area contributed by atoms with Crippen LogP contribution in [0.25, 0.3) is 0 Å². The molecule has 2 rings (SSSR count). The highest BCUT2D eigenvalue weighted by molar-refractivity contribution is 5.88. The first kappa shape index (κ1) is 42.7. The lowest BCUT2D eigenvalue weighted by atomic mass is 9.89. The van der Waals surface area contributed by atoms with E-state index in [1.807, 2.05) is 71.9 Å². The van der Waals surface area contributed by atoms with Crippen molar-refractivity contribution in [2.75, 3.05) is 27.8 Å². The number of rotatable bonds is 20. The maximum Gasteiger partial charge on any atom is 0.326 e. The summed E-state index contributed by atoms with van der Waals surface area (Å²) >= 11 is 0. The van der Waals surface area contributed by atoms with Crippen molar-refractivity contribution in [1.29, 1.82) is 0 Å². The van der Waals surface area contributed by atoms with E-state index in [0.717, 1.165) is 12.0 Å². The van der Waals surface area contributed by atoms with Gasteiger partial charge in [-0.3, -0.25) is 19.2 Å². The molecule has 1 aromatic carbocycles. The molecule has 1 unspecified atom stereocenters. The Morgan fingerprint density at radius 1 is 0.960 bits per heavy atom. The van der Waals surface area contributed by atoms with Crippen molar-refractivity contribution in [3.05, 3.63) is 35.9 Å². The summed E-state index contributed by atoms with van der Waals surface area (Å²) < 4.78 is 11.8. The Hall–Kier alpha value is -3.51. The number of hydrogen-bond donors (Lipinski definition) is 3. The van der Waals surface area contributed by atoms with E-state index in [-0.39, 0.29) is 48.3 Å². The standard InChI is InChI=1S/C38H62N4O8/c1-11-25(6)34(41(8)37(46)33(24(4)5)40-31(43)20-23(2)3)30(49-9)22-32(44)42-19-15-18-29(42)35(50-10)26(7)36(45)39-28(38(47)48)21-27-16-13-12-14-17-27/h12-14,16-17,23-26,28-30,33-35H,11,15,18-22H2,1-10H3,(H,39,45)(H,40,43)(H,47,48)/t25-,26+,28-,29?,30+,33-,34-,35+/m0/s1. The van der Waals surface area contributed by atoms with E-state index in [2.05, 4.69) is 10.6 Å². The van der Waals surface area contributed by atoms with Crippen LogP contribution in [0, 0.1) is 23.7 Å². The van der Waals surface area contributed by atoms with Crippen LogP contribution in [-0.4, -0.2) is 109 Å². The van der Waals surface area contributed by atoms with Crippen molar-refractivity contribution >= 4 is 29.6 Å². The minimum atomic E-state index is -1.14. The second kappa shape index (κ2) is 20.4. The van der Waals surface area contributed by atoms with Gasteiger partial charge in [-0.15, -0.1) is 0 Å². The molecule has 0 bridgehead atoms. The Morgan fingerprint density at radius 2 is 1.60 bits per heavy atom. The smallest absolute Gasteiger partial charge is 0.326 e. The third-order valence-corrected chi connectivity index (χ3v) is 10.00. The minimum absolute atomic E-state index is 0.000849. The van der Waals surface area contributed by atoms with E-state index in [1.165, 1.54) is 14.2 Å². The lowest BCUT2D eigenvalue weighted by molar-refractivity contribution is -0.148. The van der Waals surface area contributed by atoms with E-state index in [1.54, 1.807) is 23.8 Å². The molecule has 0 radical (unpaired) electrons. The number of carbonyl (C=O) groups is 5. The lowest BCUT2D eigenvalue weighted by Crippen LogP contribution is -2.58. The van der Waals surface area contributed by atoms with E-state index >= 15 is 0 Å². The van der Waals surface area contributed by atoms with Crippen LogP contribution < -0.4 is 10.6 Å². The van der Waals surface area contributed by atoms with Crippen molar-refractivity contribution in [2.45, 2.75) is 123 Å². The molecule has 1 aliphatic heterocycles. The summed E-state index contributed by atoms with van der Waals surface area (Å²) in [4.78, 5) is 69.5. The molecule has 0 aromatic heterocycles. The van der Waals surface area contributed by atoms with Gasteiger partial charge in [0.25, 0.3) is 0 Å². The van der Waals surface area contributed by atoms with Crippen LogP contribution in [-0.2, 0) is 39.9 Å². The molecule has 50 heavy (non-hydrogen) atoms. The number of ether oxygens (including phenoxy) is 2. The second-order valence-corrected chi connectivity index (χ2v) is 14.6. The van der Waals surface area contributed by atoms with Crippen LogP contribution in [0.4, 0.5) is 0 Å². The number of likely N-dealkylation sites (N-methyl/N-ethyl adjacent to an activating group) is 1. The quantitative estimate of drug-likeness (QED) is 0.185. The highest BCUT2D eigenvalue weighted by atomic mass is 16.5. The number of aliphatic carboxylic acids is 1. The Bertz CT molecular complexity index is 1260. The molecule has 4 amide bonds. The molecule has 282 valence electrons. The molecule has 1 aliphatic rings. The number of carbonyl (C=O) groups excluding carboxylic acids is 4. The Kier molecular flexibility index (Phi) is 17.4. The van der Waals surface area contributed by atoms with Crippen molar-refractivity contribution in [1.82, 2.24) is 20.4 Å². The molecule has 1 saturated heterocycles. The monoisotopic (exact) mass is 702 g/mol. The lowest BCUT2D eigenvalue weighted by Gasteiger charge is -2.40. The third kappa shape index (κ3) is 11.8. The van der Waals surface area contributed by atoms with Gasteiger partial charge in [0.2, 0.25) is 23.6 Å². The summed E-state index contributed by atoms with van der Waals surface area (Å²) in [5, 5.41) is 15.5. The van der Waals surface area contributed by atoms with E-state index < -0.39 is 54.2 Å².